The van der Waals surface area contributed by atoms with Gasteiger partial charge in [-0.1, -0.05) is 6.07 Å². The fourth-order valence-electron chi connectivity index (χ4n) is 4.23. The van der Waals surface area contributed by atoms with Gasteiger partial charge in [0.25, 0.3) is 5.56 Å². The molecule has 4 heterocycles. The number of anilines is 1. The van der Waals surface area contributed by atoms with Crippen molar-refractivity contribution in [3.63, 3.8) is 0 Å². The molecule has 0 unspecified atom stereocenters. The highest BCUT2D eigenvalue weighted by molar-refractivity contribution is 7.09. The fraction of sp³-hybridized carbons (Fsp3) is 0.500. The highest BCUT2D eigenvalue weighted by Gasteiger charge is 2.36. The van der Waals surface area contributed by atoms with Crippen molar-refractivity contribution in [3.8, 4) is 0 Å². The van der Waals surface area contributed by atoms with E-state index in [1.165, 1.54) is 4.88 Å². The van der Waals surface area contributed by atoms with E-state index >= 15 is 0 Å². The molecule has 7 heteroatoms. The molecule has 2 atom stereocenters. The van der Waals surface area contributed by atoms with Crippen molar-refractivity contribution in [2.24, 2.45) is 5.92 Å². The van der Waals surface area contributed by atoms with Gasteiger partial charge in [0.2, 0.25) is 5.91 Å². The van der Waals surface area contributed by atoms with E-state index in [2.05, 4.69) is 17.4 Å². The van der Waals surface area contributed by atoms with Gasteiger partial charge in [0, 0.05) is 49.8 Å². The van der Waals surface area contributed by atoms with Crippen LogP contribution in [0.5, 0.6) is 0 Å². The van der Waals surface area contributed by atoms with E-state index in [1.807, 2.05) is 27.0 Å². The number of carbonyl (C=O) groups is 1. The van der Waals surface area contributed by atoms with Crippen LogP contribution in [-0.2, 0) is 22.6 Å². The molecule has 2 aromatic rings. The van der Waals surface area contributed by atoms with Crippen molar-refractivity contribution in [3.05, 3.63) is 50.6 Å². The molecule has 0 spiro atoms. The Labute approximate surface area is 162 Å². The molecule has 6 nitrogen and oxygen atoms in total. The number of ether oxygens (including phenoxy) is 1. The van der Waals surface area contributed by atoms with Crippen LogP contribution in [0.25, 0.3) is 0 Å². The Hall–Kier alpha value is -2.12. The molecule has 144 valence electrons. The molecule has 2 bridgehead atoms. The molecule has 27 heavy (non-hydrogen) atoms. The van der Waals surface area contributed by atoms with Gasteiger partial charge in [0.1, 0.15) is 5.69 Å². The predicted molar refractivity (Wildman–Crippen MR) is 106 cm³/mol. The predicted octanol–water partition coefficient (Wildman–Crippen LogP) is 2.50. The lowest BCUT2D eigenvalue weighted by atomic mass is 9.83. The number of hydrogen-bond donors (Lipinski definition) is 1. The first kappa shape index (κ1) is 18.3. The van der Waals surface area contributed by atoms with E-state index in [0.29, 0.717) is 44.3 Å². The summed E-state index contributed by atoms with van der Waals surface area (Å²) in [4.78, 5) is 28.5. The van der Waals surface area contributed by atoms with Gasteiger partial charge in [-0.05, 0) is 35.9 Å². The first-order valence-electron chi connectivity index (χ1n) is 9.42. The van der Waals surface area contributed by atoms with Crippen LogP contribution in [0, 0.1) is 5.92 Å². The number of aromatic nitrogens is 1. The minimum atomic E-state index is 0.0536. The second-order valence-corrected chi connectivity index (χ2v) is 8.39. The number of likely N-dealkylation sites (tertiary alicyclic amines) is 1. The van der Waals surface area contributed by atoms with Crippen LogP contribution < -0.4 is 10.9 Å². The lowest BCUT2D eigenvalue weighted by molar-refractivity contribution is -0.134. The van der Waals surface area contributed by atoms with Crippen LogP contribution >= 0.6 is 11.3 Å². The number of amides is 1. The van der Waals surface area contributed by atoms with Gasteiger partial charge < -0.3 is 19.5 Å². The number of piperidine rings is 1. The minimum absolute atomic E-state index is 0.0536. The molecular weight excluding hydrogens is 362 g/mol. The summed E-state index contributed by atoms with van der Waals surface area (Å²) in [7, 11) is 1.62. The lowest BCUT2D eigenvalue weighted by Crippen LogP contribution is -2.49. The Morgan fingerprint density at radius 1 is 1.30 bits per heavy atom. The van der Waals surface area contributed by atoms with Crippen molar-refractivity contribution in [1.82, 2.24) is 9.47 Å². The van der Waals surface area contributed by atoms with Gasteiger partial charge in [-0.2, -0.15) is 0 Å². The monoisotopic (exact) mass is 387 g/mol. The van der Waals surface area contributed by atoms with Gasteiger partial charge >= 0.3 is 0 Å². The zero-order valence-electron chi connectivity index (χ0n) is 15.5. The largest absolute Gasteiger partial charge is 0.384 e. The van der Waals surface area contributed by atoms with Crippen LogP contribution in [0.2, 0.25) is 0 Å². The topological polar surface area (TPSA) is 63.6 Å². The molecule has 0 aliphatic carbocycles. The molecule has 1 saturated heterocycles. The molecule has 1 fully saturated rings. The number of pyridine rings is 1. The van der Waals surface area contributed by atoms with Crippen LogP contribution in [0.3, 0.4) is 0 Å². The van der Waals surface area contributed by atoms with Gasteiger partial charge in [-0.25, -0.2) is 0 Å². The van der Waals surface area contributed by atoms with Crippen molar-refractivity contribution in [2.75, 3.05) is 32.1 Å². The van der Waals surface area contributed by atoms with E-state index in [0.717, 1.165) is 18.7 Å². The maximum Gasteiger partial charge on any atom is 0.274 e. The zero-order chi connectivity index (χ0) is 18.8. The molecule has 1 amide bonds. The Bertz CT molecular complexity index is 862. The van der Waals surface area contributed by atoms with Crippen LogP contribution in [0.1, 0.15) is 29.3 Å². The first-order chi connectivity index (χ1) is 13.2. The van der Waals surface area contributed by atoms with Crippen LogP contribution in [-0.4, -0.2) is 42.2 Å². The summed E-state index contributed by atoms with van der Waals surface area (Å²) in [5.74, 6) is 0.729. The zero-order valence-corrected chi connectivity index (χ0v) is 16.3. The summed E-state index contributed by atoms with van der Waals surface area (Å²) in [5.41, 5.74) is 1.76. The number of thiophene rings is 1. The third-order valence-electron chi connectivity index (χ3n) is 5.51. The minimum Gasteiger partial charge on any atom is -0.384 e. The van der Waals surface area contributed by atoms with Crippen molar-refractivity contribution >= 4 is 22.9 Å². The molecule has 2 aliphatic heterocycles. The second kappa shape index (κ2) is 7.86. The van der Waals surface area contributed by atoms with Crippen LogP contribution in [0.4, 0.5) is 5.69 Å². The van der Waals surface area contributed by atoms with Gasteiger partial charge in [0.15, 0.2) is 0 Å². The maximum atomic E-state index is 13.0. The summed E-state index contributed by atoms with van der Waals surface area (Å²) >= 11 is 1.68. The molecular formula is C20H25N3O3S. The van der Waals surface area contributed by atoms with Crippen LogP contribution in [0.15, 0.2) is 34.4 Å². The number of methoxy groups -OCH3 is 1. The average molecular weight is 388 g/mol. The molecule has 0 aromatic carbocycles. The first-order valence-corrected chi connectivity index (χ1v) is 10.3. The molecule has 0 saturated carbocycles. The van der Waals surface area contributed by atoms with Gasteiger partial charge in [-0.15, -0.1) is 11.3 Å². The molecule has 2 aromatic heterocycles. The molecule has 2 aliphatic rings. The lowest BCUT2D eigenvalue weighted by Gasteiger charge is -2.43. The Balaban J connectivity index is 1.51. The third-order valence-corrected chi connectivity index (χ3v) is 6.39. The Morgan fingerprint density at radius 3 is 2.96 bits per heavy atom. The van der Waals surface area contributed by atoms with Crippen molar-refractivity contribution < 1.29 is 9.53 Å². The quantitative estimate of drug-likeness (QED) is 0.827. The summed E-state index contributed by atoms with van der Waals surface area (Å²) in [6.07, 6.45) is 1.48. The third kappa shape index (κ3) is 3.80. The highest BCUT2D eigenvalue weighted by Crippen LogP contribution is 2.35. The van der Waals surface area contributed by atoms with E-state index in [9.17, 15) is 9.59 Å². The van der Waals surface area contributed by atoms with E-state index in [1.54, 1.807) is 18.4 Å². The van der Waals surface area contributed by atoms with Gasteiger partial charge in [0.05, 0.1) is 13.0 Å². The van der Waals surface area contributed by atoms with Gasteiger partial charge in [-0.3, -0.25) is 9.59 Å². The molecule has 1 N–H and O–H groups in total. The second-order valence-electron chi connectivity index (χ2n) is 7.36. The number of fused-ring (bicyclic) bond motifs is 4. The molecule has 4 rings (SSSR count). The standard InChI is InChI=1S/C20H25N3O3S/c1-26-7-6-19(24)22-11-14-9-15(13-22)18-5-4-17(20(25)23(18)12-14)21-10-16-3-2-8-27-16/h2-5,8,14-15,21H,6-7,9-13H2,1H3/t14-,15+/m0/s1. The number of nitrogens with one attached hydrogen (secondary N) is 1. The summed E-state index contributed by atoms with van der Waals surface area (Å²) in [6, 6.07) is 8.03. The summed E-state index contributed by atoms with van der Waals surface area (Å²) < 4.78 is 6.96. The number of rotatable bonds is 6. The van der Waals surface area contributed by atoms with E-state index < -0.39 is 0 Å². The fourth-order valence-corrected chi connectivity index (χ4v) is 4.87. The maximum absolute atomic E-state index is 13.0. The Morgan fingerprint density at radius 2 is 2.19 bits per heavy atom. The normalized spacial score (nSPS) is 21.0. The number of carbonyl (C=O) groups excluding carboxylic acids is 1. The SMILES string of the molecule is COCCC(=O)N1C[C@@H]2C[C@H](C1)c1ccc(NCc3cccs3)c(=O)n1C2. The highest BCUT2D eigenvalue weighted by atomic mass is 32.1. The van der Waals surface area contributed by atoms with E-state index in [4.69, 9.17) is 4.74 Å². The summed E-state index contributed by atoms with van der Waals surface area (Å²) in [6.45, 7) is 3.24. The number of nitrogens with zero attached hydrogens (tertiary/aromatic N) is 2. The van der Waals surface area contributed by atoms with Crippen molar-refractivity contribution in [2.45, 2.75) is 31.8 Å². The number of hydrogen-bond acceptors (Lipinski definition) is 5. The Kier molecular flexibility index (Phi) is 5.31. The summed E-state index contributed by atoms with van der Waals surface area (Å²) in [5, 5.41) is 5.32. The van der Waals surface area contributed by atoms with E-state index in [-0.39, 0.29) is 17.4 Å². The smallest absolute Gasteiger partial charge is 0.274 e. The van der Waals surface area contributed by atoms with Crippen molar-refractivity contribution in [1.29, 1.82) is 0 Å². The molecule has 0 radical (unpaired) electrons. The average Bonchev–Trinajstić information content (AvgIpc) is 3.19.